The van der Waals surface area contributed by atoms with E-state index in [0.29, 0.717) is 29.0 Å². The first-order chi connectivity index (χ1) is 15.2. The zero-order chi connectivity index (χ0) is 21.6. The number of rotatable bonds is 6. The number of aromatic nitrogens is 2. The van der Waals surface area contributed by atoms with E-state index in [1.807, 2.05) is 78.2 Å². The van der Waals surface area contributed by atoms with Crippen LogP contribution in [0.25, 0.3) is 16.6 Å². The Bertz CT molecular complexity index is 1250. The minimum Gasteiger partial charge on any atom is -0.341 e. The molecule has 0 unspecified atom stereocenters. The molecule has 2 amide bonds. The Labute approximate surface area is 179 Å². The van der Waals surface area contributed by atoms with Crippen molar-refractivity contribution in [3.8, 4) is 5.69 Å². The molecule has 0 fully saturated rings. The van der Waals surface area contributed by atoms with Crippen molar-refractivity contribution in [3.05, 3.63) is 94.9 Å². The number of benzene rings is 2. The number of fused-ring (bicyclic) bond motifs is 1. The first kappa shape index (κ1) is 20.2. The standard InChI is InChI=1S/C24H23N5O2/c1-2-25-24(31)27-15-18-13-21-20(16-26-18)22(30)14-23(28-17-9-5-3-6-10-17)29(21)19-11-7-4-8-12-19/h3-14,16,28H,2,15H2,1H3,(H2,25,27,31). The molecule has 156 valence electrons. The summed E-state index contributed by atoms with van der Waals surface area (Å²) < 4.78 is 1.99. The van der Waals surface area contributed by atoms with E-state index in [1.165, 1.54) is 0 Å². The van der Waals surface area contributed by atoms with Gasteiger partial charge in [-0.3, -0.25) is 14.3 Å². The lowest BCUT2D eigenvalue weighted by atomic mass is 10.2. The Morgan fingerprint density at radius 1 is 0.968 bits per heavy atom. The van der Waals surface area contributed by atoms with Crippen LogP contribution in [0.15, 0.2) is 83.8 Å². The highest BCUT2D eigenvalue weighted by molar-refractivity contribution is 5.84. The summed E-state index contributed by atoms with van der Waals surface area (Å²) in [4.78, 5) is 29.0. The van der Waals surface area contributed by atoms with E-state index >= 15 is 0 Å². The smallest absolute Gasteiger partial charge is 0.315 e. The zero-order valence-electron chi connectivity index (χ0n) is 17.1. The Morgan fingerprint density at radius 3 is 2.39 bits per heavy atom. The monoisotopic (exact) mass is 413 g/mol. The largest absolute Gasteiger partial charge is 0.341 e. The average molecular weight is 413 g/mol. The molecule has 2 heterocycles. The lowest BCUT2D eigenvalue weighted by molar-refractivity contribution is 0.241. The van der Waals surface area contributed by atoms with Crippen LogP contribution in [0, 0.1) is 0 Å². The summed E-state index contributed by atoms with van der Waals surface area (Å²) in [5.74, 6) is 0.642. The number of amides is 2. The van der Waals surface area contributed by atoms with Gasteiger partial charge in [0, 0.05) is 30.2 Å². The summed E-state index contributed by atoms with van der Waals surface area (Å²) in [5, 5.41) is 9.33. The number of pyridine rings is 2. The zero-order valence-corrected chi connectivity index (χ0v) is 17.1. The van der Waals surface area contributed by atoms with E-state index in [-0.39, 0.29) is 18.0 Å². The molecule has 2 aromatic heterocycles. The van der Waals surface area contributed by atoms with Gasteiger partial charge in [-0.1, -0.05) is 36.4 Å². The molecule has 2 aromatic carbocycles. The van der Waals surface area contributed by atoms with Crippen molar-refractivity contribution in [1.29, 1.82) is 0 Å². The summed E-state index contributed by atoms with van der Waals surface area (Å²) in [6, 6.07) is 22.7. The van der Waals surface area contributed by atoms with Crippen LogP contribution in [0.3, 0.4) is 0 Å². The van der Waals surface area contributed by atoms with Gasteiger partial charge >= 0.3 is 6.03 Å². The molecule has 31 heavy (non-hydrogen) atoms. The molecule has 0 saturated heterocycles. The number of hydrogen-bond acceptors (Lipinski definition) is 4. The van der Waals surface area contributed by atoms with Crippen molar-refractivity contribution >= 4 is 28.4 Å². The van der Waals surface area contributed by atoms with Gasteiger partial charge in [-0.05, 0) is 37.3 Å². The number of para-hydroxylation sites is 2. The van der Waals surface area contributed by atoms with Crippen LogP contribution in [0.1, 0.15) is 12.6 Å². The molecule has 0 aliphatic carbocycles. The number of anilines is 2. The molecule has 0 bridgehead atoms. The number of nitrogens with one attached hydrogen (secondary N) is 3. The topological polar surface area (TPSA) is 88.1 Å². The highest BCUT2D eigenvalue weighted by atomic mass is 16.2. The minimum atomic E-state index is -0.260. The van der Waals surface area contributed by atoms with Gasteiger partial charge in [0.1, 0.15) is 5.82 Å². The van der Waals surface area contributed by atoms with Crippen LogP contribution < -0.4 is 21.4 Å². The molecule has 0 atom stereocenters. The fourth-order valence-corrected chi connectivity index (χ4v) is 3.36. The predicted octanol–water partition coefficient (Wildman–Crippen LogP) is 3.95. The van der Waals surface area contributed by atoms with Gasteiger partial charge in [0.15, 0.2) is 5.43 Å². The molecule has 0 aliphatic heterocycles. The van der Waals surface area contributed by atoms with E-state index in [0.717, 1.165) is 11.4 Å². The normalized spacial score (nSPS) is 10.6. The van der Waals surface area contributed by atoms with E-state index < -0.39 is 0 Å². The molecular weight excluding hydrogens is 390 g/mol. The molecule has 7 heteroatoms. The molecule has 0 spiro atoms. The number of carbonyl (C=O) groups is 1. The van der Waals surface area contributed by atoms with E-state index in [1.54, 1.807) is 12.3 Å². The predicted molar refractivity (Wildman–Crippen MR) is 123 cm³/mol. The van der Waals surface area contributed by atoms with Gasteiger partial charge in [-0.15, -0.1) is 0 Å². The van der Waals surface area contributed by atoms with Gasteiger partial charge in [0.25, 0.3) is 0 Å². The van der Waals surface area contributed by atoms with Crippen LogP contribution in [-0.4, -0.2) is 22.1 Å². The van der Waals surface area contributed by atoms with E-state index in [2.05, 4.69) is 20.9 Å². The maximum absolute atomic E-state index is 12.9. The van der Waals surface area contributed by atoms with Crippen LogP contribution in [0.4, 0.5) is 16.3 Å². The summed E-state index contributed by atoms with van der Waals surface area (Å²) in [7, 11) is 0. The fraction of sp³-hybridized carbons (Fsp3) is 0.125. The Morgan fingerprint density at radius 2 is 1.68 bits per heavy atom. The van der Waals surface area contributed by atoms with Gasteiger partial charge in [-0.2, -0.15) is 0 Å². The lowest BCUT2D eigenvalue weighted by Crippen LogP contribution is -2.34. The van der Waals surface area contributed by atoms with Crippen LogP contribution >= 0.6 is 0 Å². The minimum absolute atomic E-state index is 0.128. The molecule has 7 nitrogen and oxygen atoms in total. The number of urea groups is 1. The summed E-state index contributed by atoms with van der Waals surface area (Å²) in [5.41, 5.74) is 3.01. The number of hydrogen-bond donors (Lipinski definition) is 3. The highest BCUT2D eigenvalue weighted by Crippen LogP contribution is 2.25. The summed E-state index contributed by atoms with van der Waals surface area (Å²) >= 11 is 0. The second kappa shape index (κ2) is 9.13. The second-order valence-corrected chi connectivity index (χ2v) is 6.96. The SMILES string of the molecule is CCNC(=O)NCc1cc2c(cn1)c(=O)cc(Nc1ccccc1)n2-c1ccccc1. The van der Waals surface area contributed by atoms with Crippen molar-refractivity contribution < 1.29 is 4.79 Å². The molecular formula is C24H23N5O2. The highest BCUT2D eigenvalue weighted by Gasteiger charge is 2.13. The summed E-state index contributed by atoms with van der Waals surface area (Å²) in [6.07, 6.45) is 1.57. The Hall–Kier alpha value is -4.13. The second-order valence-electron chi connectivity index (χ2n) is 6.96. The Balaban J connectivity index is 1.84. The average Bonchev–Trinajstić information content (AvgIpc) is 2.79. The van der Waals surface area contributed by atoms with E-state index in [9.17, 15) is 9.59 Å². The third-order valence-corrected chi connectivity index (χ3v) is 4.78. The van der Waals surface area contributed by atoms with Crippen molar-refractivity contribution in [3.63, 3.8) is 0 Å². The van der Waals surface area contributed by atoms with Crippen molar-refractivity contribution in [2.75, 3.05) is 11.9 Å². The maximum Gasteiger partial charge on any atom is 0.315 e. The number of carbonyl (C=O) groups excluding carboxylic acids is 1. The van der Waals surface area contributed by atoms with Crippen molar-refractivity contribution in [2.45, 2.75) is 13.5 Å². The third-order valence-electron chi connectivity index (χ3n) is 4.78. The quantitative estimate of drug-likeness (QED) is 0.447. The maximum atomic E-state index is 12.9. The van der Waals surface area contributed by atoms with Gasteiger partial charge in [0.2, 0.25) is 0 Å². The van der Waals surface area contributed by atoms with Crippen LogP contribution in [0.2, 0.25) is 0 Å². The van der Waals surface area contributed by atoms with Gasteiger partial charge in [-0.25, -0.2) is 4.79 Å². The van der Waals surface area contributed by atoms with Crippen LogP contribution in [-0.2, 0) is 6.54 Å². The first-order valence-corrected chi connectivity index (χ1v) is 10.1. The van der Waals surface area contributed by atoms with E-state index in [4.69, 9.17) is 0 Å². The molecule has 4 rings (SSSR count). The van der Waals surface area contributed by atoms with Crippen molar-refractivity contribution in [2.24, 2.45) is 0 Å². The molecule has 0 aliphatic rings. The van der Waals surface area contributed by atoms with Crippen LogP contribution in [0.5, 0.6) is 0 Å². The molecule has 4 aromatic rings. The lowest BCUT2D eigenvalue weighted by Gasteiger charge is -2.19. The fourth-order valence-electron chi connectivity index (χ4n) is 3.36. The third kappa shape index (κ3) is 4.56. The molecule has 0 radical (unpaired) electrons. The first-order valence-electron chi connectivity index (χ1n) is 10.1. The number of nitrogens with zero attached hydrogens (tertiary/aromatic N) is 2. The van der Waals surface area contributed by atoms with Crippen molar-refractivity contribution in [1.82, 2.24) is 20.2 Å². The Kier molecular flexibility index (Phi) is 5.93. The van der Waals surface area contributed by atoms with Gasteiger partial charge < -0.3 is 16.0 Å². The van der Waals surface area contributed by atoms with Gasteiger partial charge in [0.05, 0.1) is 23.1 Å². The summed E-state index contributed by atoms with van der Waals surface area (Å²) in [6.45, 7) is 2.65. The molecule has 3 N–H and O–H groups in total. The molecule has 0 saturated carbocycles.